The van der Waals surface area contributed by atoms with Crippen LogP contribution < -0.4 is 0 Å². The fourth-order valence-electron chi connectivity index (χ4n) is 0.919. The SMILES string of the molecule is C1CSSC1.CC.CCCCCC(C)=O. The molecule has 0 N–H and O–H groups in total. The van der Waals surface area contributed by atoms with Crippen molar-refractivity contribution >= 4 is 27.4 Å². The van der Waals surface area contributed by atoms with Crippen molar-refractivity contribution in [3.05, 3.63) is 0 Å². The van der Waals surface area contributed by atoms with Crippen molar-refractivity contribution in [2.75, 3.05) is 11.5 Å². The summed E-state index contributed by atoms with van der Waals surface area (Å²) in [7, 11) is 3.98. The lowest BCUT2D eigenvalue weighted by Crippen LogP contribution is -1.87. The van der Waals surface area contributed by atoms with Crippen molar-refractivity contribution in [1.82, 2.24) is 0 Å². The van der Waals surface area contributed by atoms with Gasteiger partial charge in [0.25, 0.3) is 0 Å². The Labute approximate surface area is 104 Å². The highest BCUT2D eigenvalue weighted by Gasteiger charge is 1.96. The van der Waals surface area contributed by atoms with Gasteiger partial charge in [0.2, 0.25) is 0 Å². The Morgan fingerprint density at radius 1 is 1.13 bits per heavy atom. The van der Waals surface area contributed by atoms with Crippen molar-refractivity contribution in [3.8, 4) is 0 Å². The van der Waals surface area contributed by atoms with Crippen LogP contribution in [0.4, 0.5) is 0 Å². The van der Waals surface area contributed by atoms with Gasteiger partial charge in [-0.05, 0) is 19.8 Å². The molecule has 92 valence electrons. The average Bonchev–Trinajstić information content (AvgIpc) is 2.79. The molecule has 0 aromatic heterocycles. The zero-order valence-electron chi connectivity index (χ0n) is 10.7. The maximum Gasteiger partial charge on any atom is 0.129 e. The number of hydrogen-bond donors (Lipinski definition) is 0. The second-order valence-corrected chi connectivity index (χ2v) is 5.86. The van der Waals surface area contributed by atoms with Gasteiger partial charge in [-0.25, -0.2) is 0 Å². The molecule has 1 aliphatic rings. The van der Waals surface area contributed by atoms with E-state index in [0.29, 0.717) is 5.78 Å². The van der Waals surface area contributed by atoms with Gasteiger partial charge in [-0.3, -0.25) is 0 Å². The van der Waals surface area contributed by atoms with E-state index >= 15 is 0 Å². The van der Waals surface area contributed by atoms with E-state index in [4.69, 9.17) is 0 Å². The summed E-state index contributed by atoms with van der Waals surface area (Å²) in [6.45, 7) is 7.79. The van der Waals surface area contributed by atoms with E-state index in [1.165, 1.54) is 30.8 Å². The van der Waals surface area contributed by atoms with Crippen LogP contribution in [-0.4, -0.2) is 17.3 Å². The lowest BCUT2D eigenvalue weighted by molar-refractivity contribution is -0.117. The third-order valence-electron chi connectivity index (χ3n) is 1.67. The first-order valence-electron chi connectivity index (χ1n) is 6.01. The van der Waals surface area contributed by atoms with Crippen LogP contribution in [0.2, 0.25) is 0 Å². The molecular weight excluding hydrogens is 224 g/mol. The molecule has 1 rings (SSSR count). The van der Waals surface area contributed by atoms with Gasteiger partial charge in [-0.2, -0.15) is 0 Å². The summed E-state index contributed by atoms with van der Waals surface area (Å²) >= 11 is 0. The van der Waals surface area contributed by atoms with Gasteiger partial charge < -0.3 is 4.79 Å². The molecule has 0 amide bonds. The first kappa shape index (κ1) is 17.8. The molecule has 0 radical (unpaired) electrons. The lowest BCUT2D eigenvalue weighted by atomic mass is 10.2. The minimum atomic E-state index is 0.318. The average molecular weight is 250 g/mol. The lowest BCUT2D eigenvalue weighted by Gasteiger charge is -1.90. The summed E-state index contributed by atoms with van der Waals surface area (Å²) in [5, 5.41) is 0. The Hall–Kier alpha value is 0.370. The highest BCUT2D eigenvalue weighted by atomic mass is 33.1. The van der Waals surface area contributed by atoms with Crippen molar-refractivity contribution < 1.29 is 4.79 Å². The zero-order valence-corrected chi connectivity index (χ0v) is 12.3. The van der Waals surface area contributed by atoms with E-state index in [9.17, 15) is 4.79 Å². The van der Waals surface area contributed by atoms with Gasteiger partial charge in [-0.1, -0.05) is 55.2 Å². The third-order valence-corrected chi connectivity index (χ3v) is 4.25. The molecule has 0 saturated carbocycles. The Morgan fingerprint density at radius 3 is 1.93 bits per heavy atom. The Morgan fingerprint density at radius 2 is 1.67 bits per heavy atom. The van der Waals surface area contributed by atoms with Crippen LogP contribution in [0.25, 0.3) is 0 Å². The Balaban J connectivity index is 0. The Kier molecular flexibility index (Phi) is 19.9. The van der Waals surface area contributed by atoms with Gasteiger partial charge in [0, 0.05) is 17.9 Å². The smallest absolute Gasteiger partial charge is 0.129 e. The molecule has 0 aliphatic carbocycles. The number of ketones is 1. The van der Waals surface area contributed by atoms with Crippen LogP contribution in [-0.2, 0) is 4.79 Å². The summed E-state index contributed by atoms with van der Waals surface area (Å²) in [6, 6.07) is 0. The molecule has 1 aliphatic heterocycles. The number of rotatable bonds is 4. The molecule has 1 saturated heterocycles. The van der Waals surface area contributed by atoms with Crippen molar-refractivity contribution in [1.29, 1.82) is 0 Å². The van der Waals surface area contributed by atoms with E-state index in [0.717, 1.165) is 12.8 Å². The van der Waals surface area contributed by atoms with Crippen molar-refractivity contribution in [3.63, 3.8) is 0 Å². The third kappa shape index (κ3) is 20.4. The predicted molar refractivity (Wildman–Crippen MR) is 75.7 cm³/mol. The van der Waals surface area contributed by atoms with Gasteiger partial charge in [0.05, 0.1) is 0 Å². The largest absolute Gasteiger partial charge is 0.300 e. The minimum Gasteiger partial charge on any atom is -0.300 e. The number of carbonyl (C=O) groups excluding carboxylic acids is 1. The number of unbranched alkanes of at least 4 members (excludes halogenated alkanes) is 2. The van der Waals surface area contributed by atoms with Gasteiger partial charge in [0.1, 0.15) is 5.78 Å². The van der Waals surface area contributed by atoms with E-state index in [2.05, 4.69) is 6.92 Å². The summed E-state index contributed by atoms with van der Waals surface area (Å²) < 4.78 is 0. The second kappa shape index (κ2) is 16.8. The molecular formula is C12H26OS2. The Bertz CT molecular complexity index is 115. The summed E-state index contributed by atoms with van der Waals surface area (Å²) in [4.78, 5) is 10.3. The molecule has 3 heteroatoms. The maximum atomic E-state index is 10.3. The number of carbonyl (C=O) groups is 1. The van der Waals surface area contributed by atoms with Crippen LogP contribution in [0.5, 0.6) is 0 Å². The molecule has 0 spiro atoms. The molecule has 1 heterocycles. The summed E-state index contributed by atoms with van der Waals surface area (Å²) in [6.07, 6.45) is 5.67. The van der Waals surface area contributed by atoms with Crippen LogP contribution in [0, 0.1) is 0 Å². The first-order valence-corrected chi connectivity index (χ1v) is 8.50. The van der Waals surface area contributed by atoms with Gasteiger partial charge in [-0.15, -0.1) is 0 Å². The zero-order chi connectivity index (χ0) is 11.9. The van der Waals surface area contributed by atoms with Gasteiger partial charge >= 0.3 is 0 Å². The molecule has 1 fully saturated rings. The summed E-state index contributed by atoms with van der Waals surface area (Å²) in [5.41, 5.74) is 0. The highest BCUT2D eigenvalue weighted by molar-refractivity contribution is 8.77. The quantitative estimate of drug-likeness (QED) is 0.519. The molecule has 0 bridgehead atoms. The molecule has 0 aromatic rings. The molecule has 0 atom stereocenters. The van der Waals surface area contributed by atoms with E-state index in [1.54, 1.807) is 6.92 Å². The predicted octanol–water partition coefficient (Wildman–Crippen LogP) is 4.95. The maximum absolute atomic E-state index is 10.3. The molecule has 0 aromatic carbocycles. The van der Waals surface area contributed by atoms with Crippen LogP contribution in [0.3, 0.4) is 0 Å². The van der Waals surface area contributed by atoms with Crippen LogP contribution in [0.15, 0.2) is 0 Å². The van der Waals surface area contributed by atoms with Crippen LogP contribution in [0.1, 0.15) is 59.8 Å². The number of Topliss-reactive ketones (excluding diaryl/α,β-unsaturated/α-hetero) is 1. The monoisotopic (exact) mass is 250 g/mol. The molecule has 15 heavy (non-hydrogen) atoms. The highest BCUT2D eigenvalue weighted by Crippen LogP contribution is 2.29. The van der Waals surface area contributed by atoms with E-state index < -0.39 is 0 Å². The second-order valence-electron chi connectivity index (χ2n) is 3.16. The van der Waals surface area contributed by atoms with E-state index in [-0.39, 0.29) is 0 Å². The minimum absolute atomic E-state index is 0.318. The normalized spacial score (nSPS) is 13.3. The summed E-state index contributed by atoms with van der Waals surface area (Å²) in [5.74, 6) is 3.08. The fraction of sp³-hybridized carbons (Fsp3) is 0.917. The standard InChI is InChI=1S/C7H14O.C3H6S2.C2H6/c1-3-4-5-6-7(2)8;1-2-4-5-3-1;1-2/h3-6H2,1-2H3;1-3H2;1-2H3. The first-order chi connectivity index (χ1) is 7.27. The number of hydrogen-bond acceptors (Lipinski definition) is 3. The van der Waals surface area contributed by atoms with Gasteiger partial charge in [0.15, 0.2) is 0 Å². The topological polar surface area (TPSA) is 17.1 Å². The molecule has 1 nitrogen and oxygen atoms in total. The van der Waals surface area contributed by atoms with Crippen molar-refractivity contribution in [2.24, 2.45) is 0 Å². The van der Waals surface area contributed by atoms with Crippen LogP contribution >= 0.6 is 21.6 Å². The molecule has 0 unspecified atom stereocenters. The van der Waals surface area contributed by atoms with Crippen molar-refractivity contribution in [2.45, 2.75) is 59.8 Å². The van der Waals surface area contributed by atoms with E-state index in [1.807, 2.05) is 35.4 Å². The fourth-order valence-corrected chi connectivity index (χ4v) is 3.28.